The zero-order chi connectivity index (χ0) is 18.7. The van der Waals surface area contributed by atoms with Crippen LogP contribution in [-0.4, -0.2) is 50.6 Å². The molecule has 0 radical (unpaired) electrons. The highest BCUT2D eigenvalue weighted by Gasteiger charge is 2.29. The van der Waals surface area contributed by atoms with Gasteiger partial charge in [0.25, 0.3) is 11.8 Å². The van der Waals surface area contributed by atoms with Crippen molar-refractivity contribution in [2.75, 3.05) is 32.1 Å². The molecule has 1 aromatic heterocycles. The van der Waals surface area contributed by atoms with Crippen molar-refractivity contribution in [3.8, 4) is 0 Å². The summed E-state index contributed by atoms with van der Waals surface area (Å²) in [4.78, 5) is 38.5. The Morgan fingerprint density at radius 2 is 1.92 bits per heavy atom. The number of carbonyl (C=O) groups is 3. The predicted octanol–water partition coefficient (Wildman–Crippen LogP) is 0.145. The van der Waals surface area contributed by atoms with Crippen LogP contribution in [0.5, 0.6) is 0 Å². The zero-order valence-electron chi connectivity index (χ0n) is 15.3. The van der Waals surface area contributed by atoms with Crippen LogP contribution in [0.4, 0.5) is 5.00 Å². The fraction of sp³-hybridized carbons (Fsp3) is 0.611. The number of carbonyl (C=O) groups excluding carboxylic acids is 3. The number of rotatable bonds is 8. The summed E-state index contributed by atoms with van der Waals surface area (Å²) in [5.74, 6) is -0.598. The first-order chi connectivity index (χ1) is 12.5. The minimum Gasteiger partial charge on any atom is -0.462 e. The number of aryl methyl sites for hydroxylation is 1. The summed E-state index contributed by atoms with van der Waals surface area (Å²) in [6, 6.07) is 0.324. The lowest BCUT2D eigenvalue weighted by molar-refractivity contribution is -0.862. The molecule has 0 bridgehead atoms. The summed E-state index contributed by atoms with van der Waals surface area (Å²) in [6.45, 7) is 2.51. The standard InChI is InChI=1S/C18H25N3O4S/c1-3-25-18(24)16-12-5-4-6-13(12)26-17(16)20-15(23)10-21(2)9-14(22)19-11-7-8-11/h11H,3-10H2,1-2H3,(H,19,22)(H,20,23)/p+1. The number of quaternary nitrogens is 1. The number of fused-ring (bicyclic) bond motifs is 1. The topological polar surface area (TPSA) is 88.9 Å². The monoisotopic (exact) mass is 380 g/mol. The van der Waals surface area contributed by atoms with Crippen molar-refractivity contribution in [2.45, 2.75) is 45.1 Å². The Hall–Kier alpha value is -1.93. The van der Waals surface area contributed by atoms with E-state index in [-0.39, 0.29) is 30.9 Å². The van der Waals surface area contributed by atoms with Gasteiger partial charge < -0.3 is 20.3 Å². The van der Waals surface area contributed by atoms with Crippen LogP contribution in [-0.2, 0) is 27.2 Å². The molecule has 0 spiro atoms. The molecule has 0 aromatic carbocycles. The van der Waals surface area contributed by atoms with Crippen molar-refractivity contribution >= 4 is 34.1 Å². The number of hydrogen-bond acceptors (Lipinski definition) is 5. The van der Waals surface area contributed by atoms with Gasteiger partial charge in [-0.05, 0) is 44.6 Å². The molecule has 0 aliphatic heterocycles. The molecule has 1 aromatic rings. The van der Waals surface area contributed by atoms with Gasteiger partial charge >= 0.3 is 5.97 Å². The molecule has 8 heteroatoms. The molecule has 1 heterocycles. The third-order valence-electron chi connectivity index (χ3n) is 4.52. The van der Waals surface area contributed by atoms with E-state index in [2.05, 4.69) is 10.6 Å². The van der Waals surface area contributed by atoms with Gasteiger partial charge in [-0.3, -0.25) is 9.59 Å². The summed E-state index contributed by atoms with van der Waals surface area (Å²) in [6.07, 6.45) is 4.91. The van der Waals surface area contributed by atoms with E-state index in [9.17, 15) is 14.4 Å². The highest BCUT2D eigenvalue weighted by Crippen LogP contribution is 2.39. The minimum atomic E-state index is -0.369. The molecule has 2 aliphatic carbocycles. The number of anilines is 1. The van der Waals surface area contributed by atoms with E-state index in [0.29, 0.717) is 23.2 Å². The second kappa shape index (κ2) is 8.18. The third kappa shape index (κ3) is 4.62. The highest BCUT2D eigenvalue weighted by atomic mass is 32.1. The number of esters is 1. The van der Waals surface area contributed by atoms with Crippen molar-refractivity contribution in [2.24, 2.45) is 0 Å². The maximum absolute atomic E-state index is 12.4. The van der Waals surface area contributed by atoms with Crippen LogP contribution < -0.4 is 15.5 Å². The van der Waals surface area contributed by atoms with Gasteiger partial charge in [0.15, 0.2) is 13.1 Å². The summed E-state index contributed by atoms with van der Waals surface area (Å²) >= 11 is 1.47. The molecule has 2 amide bonds. The predicted molar refractivity (Wildman–Crippen MR) is 98.7 cm³/mol. The SMILES string of the molecule is CCOC(=O)c1c(NC(=O)C[NH+](C)CC(=O)NC2CC2)sc2c1CCC2. The molecular weight excluding hydrogens is 354 g/mol. The lowest BCUT2D eigenvalue weighted by Gasteiger charge is -2.13. The molecule has 1 saturated carbocycles. The lowest BCUT2D eigenvalue weighted by atomic mass is 10.1. The van der Waals surface area contributed by atoms with Crippen LogP contribution >= 0.6 is 11.3 Å². The van der Waals surface area contributed by atoms with E-state index in [0.717, 1.165) is 47.4 Å². The quantitative estimate of drug-likeness (QED) is 0.560. The van der Waals surface area contributed by atoms with Crippen LogP contribution in [0.3, 0.4) is 0 Å². The Bertz CT molecular complexity index is 712. The second-order valence-electron chi connectivity index (χ2n) is 6.98. The molecule has 3 N–H and O–H groups in total. The first-order valence-corrected chi connectivity index (χ1v) is 10.0. The molecule has 0 saturated heterocycles. The van der Waals surface area contributed by atoms with Gasteiger partial charge in [0, 0.05) is 10.9 Å². The minimum absolute atomic E-state index is 0.0277. The van der Waals surface area contributed by atoms with E-state index in [1.54, 1.807) is 6.92 Å². The Morgan fingerprint density at radius 1 is 1.19 bits per heavy atom. The van der Waals surface area contributed by atoms with Gasteiger partial charge in [-0.2, -0.15) is 0 Å². The first-order valence-electron chi connectivity index (χ1n) is 9.20. The Kier molecular flexibility index (Phi) is 5.93. The summed E-state index contributed by atoms with van der Waals surface area (Å²) < 4.78 is 5.17. The molecule has 1 atom stereocenters. The maximum Gasteiger partial charge on any atom is 0.341 e. The maximum atomic E-state index is 12.4. The van der Waals surface area contributed by atoms with E-state index in [4.69, 9.17) is 4.74 Å². The molecular formula is C18H26N3O4S+. The molecule has 26 heavy (non-hydrogen) atoms. The third-order valence-corrected chi connectivity index (χ3v) is 5.73. The molecule has 3 rings (SSSR count). The van der Waals surface area contributed by atoms with Gasteiger partial charge in [0.05, 0.1) is 19.2 Å². The smallest absolute Gasteiger partial charge is 0.341 e. The highest BCUT2D eigenvalue weighted by molar-refractivity contribution is 7.17. The van der Waals surface area contributed by atoms with Crippen molar-refractivity contribution < 1.29 is 24.0 Å². The van der Waals surface area contributed by atoms with Crippen molar-refractivity contribution in [3.63, 3.8) is 0 Å². The first kappa shape index (κ1) is 18.8. The van der Waals surface area contributed by atoms with Gasteiger partial charge in [0.1, 0.15) is 5.00 Å². The van der Waals surface area contributed by atoms with Crippen molar-refractivity contribution in [1.82, 2.24) is 5.32 Å². The Labute approximate surface area is 157 Å². The molecule has 7 nitrogen and oxygen atoms in total. The van der Waals surface area contributed by atoms with E-state index in [1.807, 2.05) is 7.05 Å². The summed E-state index contributed by atoms with van der Waals surface area (Å²) in [7, 11) is 1.81. The van der Waals surface area contributed by atoms with Crippen LogP contribution in [0.2, 0.25) is 0 Å². The number of hydrogen-bond donors (Lipinski definition) is 3. The zero-order valence-corrected chi connectivity index (χ0v) is 16.1. The van der Waals surface area contributed by atoms with Crippen LogP contribution in [0.15, 0.2) is 0 Å². The lowest BCUT2D eigenvalue weighted by Crippen LogP contribution is -3.11. The number of nitrogens with one attached hydrogen (secondary N) is 3. The van der Waals surface area contributed by atoms with E-state index < -0.39 is 0 Å². The second-order valence-corrected chi connectivity index (χ2v) is 8.09. The number of ether oxygens (including phenoxy) is 1. The van der Waals surface area contributed by atoms with Crippen molar-refractivity contribution in [3.05, 3.63) is 16.0 Å². The largest absolute Gasteiger partial charge is 0.462 e. The Morgan fingerprint density at radius 3 is 2.62 bits per heavy atom. The summed E-state index contributed by atoms with van der Waals surface area (Å²) in [5.41, 5.74) is 1.54. The average Bonchev–Trinajstić information content (AvgIpc) is 3.12. The number of amides is 2. The van der Waals surface area contributed by atoms with Crippen LogP contribution in [0.1, 0.15) is 47.0 Å². The van der Waals surface area contributed by atoms with Gasteiger partial charge in [-0.1, -0.05) is 0 Å². The number of thiophene rings is 1. The molecule has 1 unspecified atom stereocenters. The Balaban J connectivity index is 1.59. The van der Waals surface area contributed by atoms with E-state index in [1.165, 1.54) is 11.3 Å². The van der Waals surface area contributed by atoms with Crippen molar-refractivity contribution in [1.29, 1.82) is 0 Å². The molecule has 142 valence electrons. The normalized spacial score (nSPS) is 16.7. The van der Waals surface area contributed by atoms with E-state index >= 15 is 0 Å². The van der Waals surface area contributed by atoms with Gasteiger partial charge in [-0.25, -0.2) is 4.79 Å². The fourth-order valence-corrected chi connectivity index (χ4v) is 4.49. The number of likely N-dealkylation sites (N-methyl/N-ethyl adjacent to an activating group) is 1. The van der Waals surface area contributed by atoms with Crippen LogP contribution in [0, 0.1) is 0 Å². The van der Waals surface area contributed by atoms with Gasteiger partial charge in [0.2, 0.25) is 0 Å². The fourth-order valence-electron chi connectivity index (χ4n) is 3.20. The average molecular weight is 380 g/mol. The van der Waals surface area contributed by atoms with Crippen LogP contribution in [0.25, 0.3) is 0 Å². The molecule has 1 fully saturated rings. The van der Waals surface area contributed by atoms with Gasteiger partial charge in [-0.15, -0.1) is 11.3 Å². The molecule has 2 aliphatic rings. The summed E-state index contributed by atoms with van der Waals surface area (Å²) in [5, 5.41) is 6.36.